The number of ether oxygens (including phenoxy) is 1. The molecule has 2 aromatic carbocycles. The second-order valence-corrected chi connectivity index (χ2v) is 12.0. The van der Waals surface area contributed by atoms with Crippen LogP contribution in [-0.2, 0) is 16.3 Å². The van der Waals surface area contributed by atoms with Crippen LogP contribution in [0, 0.1) is 5.41 Å². The van der Waals surface area contributed by atoms with Crippen LogP contribution in [0.25, 0.3) is 0 Å². The molecule has 8 heteroatoms. The molecule has 3 aliphatic rings. The lowest BCUT2D eigenvalue weighted by Crippen LogP contribution is -2.40. The number of hydrogen-bond donors (Lipinski definition) is 1. The van der Waals surface area contributed by atoms with Crippen molar-refractivity contribution < 1.29 is 13.2 Å². The third-order valence-electron chi connectivity index (χ3n) is 7.05. The van der Waals surface area contributed by atoms with E-state index in [2.05, 4.69) is 10.2 Å². The van der Waals surface area contributed by atoms with Crippen molar-refractivity contribution in [3.8, 4) is 5.75 Å². The molecule has 0 amide bonds. The van der Waals surface area contributed by atoms with Gasteiger partial charge in [-0.1, -0.05) is 23.2 Å². The number of hydrogen-bond acceptors (Lipinski definition) is 5. The summed E-state index contributed by atoms with van der Waals surface area (Å²) < 4.78 is 30.1. The molecular formula is C23H26Cl2N2O3S. The second kappa shape index (κ2) is 7.92. The van der Waals surface area contributed by atoms with E-state index in [-0.39, 0.29) is 17.0 Å². The number of fused-ring (bicyclic) bond motifs is 1. The van der Waals surface area contributed by atoms with Crippen molar-refractivity contribution in [2.75, 3.05) is 32.4 Å². The monoisotopic (exact) mass is 480 g/mol. The molecule has 5 nitrogen and oxygen atoms in total. The van der Waals surface area contributed by atoms with Gasteiger partial charge in [0, 0.05) is 35.0 Å². The van der Waals surface area contributed by atoms with Gasteiger partial charge in [0.1, 0.15) is 11.9 Å². The van der Waals surface area contributed by atoms with Crippen LogP contribution < -0.4 is 10.1 Å². The molecule has 0 saturated carbocycles. The molecule has 2 aromatic rings. The molecule has 0 radical (unpaired) electrons. The summed E-state index contributed by atoms with van der Waals surface area (Å²) in [6.07, 6.45) is 4.23. The Labute approximate surface area is 193 Å². The molecule has 0 bridgehead atoms. The fourth-order valence-electron chi connectivity index (χ4n) is 5.39. The Morgan fingerprint density at radius 3 is 2.61 bits per heavy atom. The largest absolute Gasteiger partial charge is 0.484 e. The van der Waals surface area contributed by atoms with E-state index in [1.807, 2.05) is 6.07 Å². The van der Waals surface area contributed by atoms with Crippen molar-refractivity contribution >= 4 is 33.0 Å². The van der Waals surface area contributed by atoms with Gasteiger partial charge < -0.3 is 10.1 Å². The van der Waals surface area contributed by atoms with Gasteiger partial charge in [0.05, 0.1) is 10.9 Å². The lowest BCUT2D eigenvalue weighted by Gasteiger charge is -2.32. The number of halogens is 2. The van der Waals surface area contributed by atoms with Gasteiger partial charge in [-0.2, -0.15) is 0 Å². The van der Waals surface area contributed by atoms with Crippen molar-refractivity contribution in [2.45, 2.75) is 36.3 Å². The molecule has 0 aromatic heterocycles. The average molecular weight is 481 g/mol. The zero-order valence-electron chi connectivity index (χ0n) is 17.4. The Kier molecular flexibility index (Phi) is 5.50. The van der Waals surface area contributed by atoms with Gasteiger partial charge in [-0.05, 0) is 79.7 Å². The minimum atomic E-state index is -3.25. The van der Waals surface area contributed by atoms with Crippen LogP contribution in [0.4, 0.5) is 0 Å². The molecule has 166 valence electrons. The van der Waals surface area contributed by atoms with Crippen LogP contribution in [0.1, 0.15) is 30.1 Å². The van der Waals surface area contributed by atoms with E-state index < -0.39 is 9.84 Å². The van der Waals surface area contributed by atoms with Crippen molar-refractivity contribution in [1.29, 1.82) is 0 Å². The number of rotatable bonds is 4. The number of benzene rings is 2. The molecule has 1 N–H and O–H groups in total. The third kappa shape index (κ3) is 4.09. The van der Waals surface area contributed by atoms with Gasteiger partial charge >= 0.3 is 0 Å². The summed E-state index contributed by atoms with van der Waals surface area (Å²) in [6, 6.07) is 10.6. The maximum absolute atomic E-state index is 11.8. The quantitative estimate of drug-likeness (QED) is 0.712. The lowest BCUT2D eigenvalue weighted by molar-refractivity contribution is 0.0863. The minimum Gasteiger partial charge on any atom is -0.484 e. The van der Waals surface area contributed by atoms with E-state index in [0.29, 0.717) is 21.2 Å². The van der Waals surface area contributed by atoms with Crippen LogP contribution in [-0.4, -0.2) is 51.8 Å². The van der Waals surface area contributed by atoms with E-state index in [4.69, 9.17) is 27.9 Å². The van der Waals surface area contributed by atoms with E-state index >= 15 is 0 Å². The van der Waals surface area contributed by atoms with Gasteiger partial charge in [-0.3, -0.25) is 4.90 Å². The smallest absolute Gasteiger partial charge is 0.175 e. The average Bonchev–Trinajstić information content (AvgIpc) is 3.43. The maximum atomic E-state index is 11.8. The molecule has 31 heavy (non-hydrogen) atoms. The number of nitrogens with zero attached hydrogens (tertiary/aromatic N) is 1. The highest BCUT2D eigenvalue weighted by Gasteiger charge is 2.47. The molecule has 1 unspecified atom stereocenters. The minimum absolute atomic E-state index is 0.167. The summed E-state index contributed by atoms with van der Waals surface area (Å²) in [5.41, 5.74) is 2.48. The number of sulfone groups is 1. The number of nitrogens with one attached hydrogen (secondary N) is 1. The fraction of sp³-hybridized carbons (Fsp3) is 0.478. The molecule has 2 saturated heterocycles. The summed E-state index contributed by atoms with van der Waals surface area (Å²) >= 11 is 12.9. The van der Waals surface area contributed by atoms with Crippen molar-refractivity contribution in [1.82, 2.24) is 10.2 Å². The van der Waals surface area contributed by atoms with Gasteiger partial charge in [-0.15, -0.1) is 0 Å². The van der Waals surface area contributed by atoms with Gasteiger partial charge in [-0.25, -0.2) is 8.42 Å². The van der Waals surface area contributed by atoms with Crippen LogP contribution in [0.15, 0.2) is 41.3 Å². The van der Waals surface area contributed by atoms with Gasteiger partial charge in [0.25, 0.3) is 0 Å². The van der Waals surface area contributed by atoms with Crippen molar-refractivity contribution in [2.24, 2.45) is 5.41 Å². The first kappa shape index (κ1) is 21.5. The molecular weight excluding hydrogens is 455 g/mol. The first-order valence-corrected chi connectivity index (χ1v) is 13.3. The summed E-state index contributed by atoms with van der Waals surface area (Å²) in [7, 11) is -3.25. The normalized spacial score (nSPS) is 28.4. The highest BCUT2D eigenvalue weighted by molar-refractivity contribution is 7.90. The van der Waals surface area contributed by atoms with E-state index in [0.717, 1.165) is 43.7 Å². The molecule has 5 rings (SSSR count). The van der Waals surface area contributed by atoms with Crippen molar-refractivity contribution in [3.63, 3.8) is 0 Å². The summed E-state index contributed by atoms with van der Waals surface area (Å²) in [4.78, 5) is 2.83. The number of likely N-dealkylation sites (tertiary alicyclic amines) is 1. The van der Waals surface area contributed by atoms with Crippen molar-refractivity contribution in [3.05, 3.63) is 57.6 Å². The Balaban J connectivity index is 1.46. The zero-order valence-corrected chi connectivity index (χ0v) is 19.7. The second-order valence-electron chi connectivity index (χ2n) is 9.16. The molecule has 2 aliphatic heterocycles. The standard InChI is InChI=1S/C23H26Cl2N2O3S/c1-31(28,29)17-4-2-16(3-5-17)30-22-19-10-15(24)11-20(25)18(19)12-21(22)27-9-7-23(14-27)6-8-26-13-23/h2-5,10-11,21-22,26H,6-9,12-14H2,1H3/t21-,22+,23?/m0/s1. The fourth-order valence-corrected chi connectivity index (χ4v) is 6.60. The van der Waals surface area contributed by atoms with E-state index in [9.17, 15) is 8.42 Å². The topological polar surface area (TPSA) is 58.6 Å². The first-order chi connectivity index (χ1) is 14.7. The van der Waals surface area contributed by atoms with Crippen LogP contribution in [0.2, 0.25) is 10.0 Å². The van der Waals surface area contributed by atoms with Gasteiger partial charge in [0.15, 0.2) is 9.84 Å². The molecule has 3 atom stereocenters. The summed E-state index contributed by atoms with van der Waals surface area (Å²) in [6.45, 7) is 4.26. The Morgan fingerprint density at radius 1 is 1.16 bits per heavy atom. The predicted octanol–water partition coefficient (Wildman–Crippen LogP) is 4.13. The molecule has 1 spiro atoms. The molecule has 2 heterocycles. The first-order valence-electron chi connectivity index (χ1n) is 10.6. The van der Waals surface area contributed by atoms with Gasteiger partial charge in [0.2, 0.25) is 0 Å². The highest BCUT2D eigenvalue weighted by Crippen LogP contribution is 2.46. The highest BCUT2D eigenvalue weighted by atomic mass is 35.5. The third-order valence-corrected chi connectivity index (χ3v) is 8.73. The van der Waals surface area contributed by atoms with Crippen LogP contribution >= 0.6 is 23.2 Å². The molecule has 1 aliphatic carbocycles. The van der Waals surface area contributed by atoms with E-state index in [1.54, 1.807) is 30.3 Å². The Bertz CT molecular complexity index is 1100. The van der Waals surface area contributed by atoms with Crippen LogP contribution in [0.3, 0.4) is 0 Å². The Hall–Kier alpha value is -1.31. The summed E-state index contributed by atoms with van der Waals surface area (Å²) in [5.74, 6) is 0.641. The SMILES string of the molecule is CS(=O)(=O)c1ccc(O[C@@H]2c3cc(Cl)cc(Cl)c3C[C@@H]2N2CCC3(CCNC3)C2)cc1. The zero-order chi connectivity index (χ0) is 21.8. The van der Waals surface area contributed by atoms with E-state index in [1.165, 1.54) is 19.1 Å². The maximum Gasteiger partial charge on any atom is 0.175 e. The van der Waals surface area contributed by atoms with Crippen LogP contribution in [0.5, 0.6) is 5.75 Å². The Morgan fingerprint density at radius 2 is 1.94 bits per heavy atom. The lowest BCUT2D eigenvalue weighted by atomic mass is 9.86. The molecule has 2 fully saturated rings. The predicted molar refractivity (Wildman–Crippen MR) is 123 cm³/mol. The summed E-state index contributed by atoms with van der Waals surface area (Å²) in [5, 5.41) is 4.81.